The van der Waals surface area contributed by atoms with Crippen LogP contribution in [0.25, 0.3) is 22.6 Å². The van der Waals surface area contributed by atoms with E-state index in [0.29, 0.717) is 40.8 Å². The van der Waals surface area contributed by atoms with E-state index < -0.39 is 6.04 Å². The highest BCUT2D eigenvalue weighted by Gasteiger charge is 2.34. The Bertz CT molecular complexity index is 1180. The lowest BCUT2D eigenvalue weighted by molar-refractivity contribution is 0.0930. The zero-order chi connectivity index (χ0) is 19.8. The number of halogens is 1. The molecule has 1 fully saturated rings. The van der Waals surface area contributed by atoms with Crippen molar-refractivity contribution in [2.45, 2.75) is 25.3 Å². The molecule has 29 heavy (non-hydrogen) atoms. The number of carbonyl (C=O) groups is 1. The summed E-state index contributed by atoms with van der Waals surface area (Å²) in [4.78, 5) is 31.8. The number of Topliss-reactive ketones (excluding diaryl/α,β-unsaturated/α-hetero) is 1. The first-order valence-electron chi connectivity index (χ1n) is 9.17. The van der Waals surface area contributed by atoms with Crippen molar-refractivity contribution in [3.05, 3.63) is 47.8 Å². The third-order valence-electron chi connectivity index (χ3n) is 4.87. The SMILES string of the molecule is O=C(c1noc(-c2cc3c(Cl)nccc3o2)n1)C1CCCCN1c1ncccn1. The number of furan rings is 1. The predicted molar refractivity (Wildman–Crippen MR) is 104 cm³/mol. The van der Waals surface area contributed by atoms with Gasteiger partial charge in [0.25, 0.3) is 5.89 Å². The fraction of sp³-hybridized carbons (Fsp3) is 0.263. The van der Waals surface area contributed by atoms with Crippen molar-refractivity contribution in [3.8, 4) is 11.7 Å². The van der Waals surface area contributed by atoms with Gasteiger partial charge in [0.15, 0.2) is 5.76 Å². The topological polar surface area (TPSA) is 111 Å². The number of hydrogen-bond donors (Lipinski definition) is 0. The highest BCUT2D eigenvalue weighted by Crippen LogP contribution is 2.30. The molecule has 1 aliphatic heterocycles. The molecule has 1 atom stereocenters. The van der Waals surface area contributed by atoms with E-state index in [4.69, 9.17) is 20.5 Å². The number of pyridine rings is 1. The minimum atomic E-state index is -0.439. The van der Waals surface area contributed by atoms with E-state index in [1.54, 1.807) is 36.8 Å². The summed E-state index contributed by atoms with van der Waals surface area (Å²) >= 11 is 6.08. The Morgan fingerprint density at radius 2 is 2.03 bits per heavy atom. The van der Waals surface area contributed by atoms with E-state index in [0.717, 1.165) is 12.8 Å². The molecule has 10 heteroatoms. The van der Waals surface area contributed by atoms with Crippen molar-refractivity contribution < 1.29 is 13.7 Å². The lowest BCUT2D eigenvalue weighted by atomic mass is 9.98. The number of aromatic nitrogens is 5. The van der Waals surface area contributed by atoms with E-state index in [-0.39, 0.29) is 17.5 Å². The zero-order valence-electron chi connectivity index (χ0n) is 15.2. The fourth-order valence-electron chi connectivity index (χ4n) is 3.49. The zero-order valence-corrected chi connectivity index (χ0v) is 15.9. The maximum Gasteiger partial charge on any atom is 0.294 e. The summed E-state index contributed by atoms with van der Waals surface area (Å²) in [6.45, 7) is 0.695. The summed E-state index contributed by atoms with van der Waals surface area (Å²) < 4.78 is 11.0. The molecule has 9 nitrogen and oxygen atoms in total. The van der Waals surface area contributed by atoms with Gasteiger partial charge in [0.1, 0.15) is 10.7 Å². The molecule has 0 amide bonds. The highest BCUT2D eigenvalue weighted by molar-refractivity contribution is 6.34. The normalized spacial score (nSPS) is 17.0. The Morgan fingerprint density at radius 1 is 1.17 bits per heavy atom. The molecule has 0 bridgehead atoms. The summed E-state index contributed by atoms with van der Waals surface area (Å²) in [7, 11) is 0. The van der Waals surface area contributed by atoms with Gasteiger partial charge in [-0.05, 0) is 31.4 Å². The summed E-state index contributed by atoms with van der Waals surface area (Å²) in [6, 6.07) is 4.65. The van der Waals surface area contributed by atoms with E-state index in [2.05, 4.69) is 25.1 Å². The van der Waals surface area contributed by atoms with Gasteiger partial charge in [0, 0.05) is 31.2 Å². The highest BCUT2D eigenvalue weighted by atomic mass is 35.5. The van der Waals surface area contributed by atoms with Gasteiger partial charge in [-0.3, -0.25) is 4.79 Å². The Kier molecular flexibility index (Phi) is 4.44. The van der Waals surface area contributed by atoms with Crippen LogP contribution in [0, 0.1) is 0 Å². The molecule has 1 saturated heterocycles. The molecule has 4 aromatic rings. The molecule has 1 unspecified atom stereocenters. The van der Waals surface area contributed by atoms with Gasteiger partial charge in [-0.15, -0.1) is 0 Å². The minimum absolute atomic E-state index is 0.00231. The molecule has 0 N–H and O–H groups in total. The van der Waals surface area contributed by atoms with Crippen molar-refractivity contribution in [2.24, 2.45) is 0 Å². The van der Waals surface area contributed by atoms with Crippen molar-refractivity contribution in [2.75, 3.05) is 11.4 Å². The smallest absolute Gasteiger partial charge is 0.294 e. The number of rotatable bonds is 4. The quantitative estimate of drug-likeness (QED) is 0.368. The molecule has 146 valence electrons. The number of hydrogen-bond acceptors (Lipinski definition) is 9. The average molecular weight is 411 g/mol. The van der Waals surface area contributed by atoms with Crippen molar-refractivity contribution in [1.82, 2.24) is 25.1 Å². The first-order valence-corrected chi connectivity index (χ1v) is 9.54. The van der Waals surface area contributed by atoms with Crippen LogP contribution >= 0.6 is 11.6 Å². The standard InChI is InChI=1S/C19H15ClN6O3/c20-16-11-10-14(28-13(11)5-8-21-16)18-24-17(25-29-18)15(27)12-4-1-2-9-26(12)19-22-6-3-7-23-19/h3,5-8,10,12H,1-2,4,9H2. The van der Waals surface area contributed by atoms with Gasteiger partial charge in [-0.1, -0.05) is 16.8 Å². The first kappa shape index (κ1) is 17.7. The molecule has 5 rings (SSSR count). The molecule has 4 aromatic heterocycles. The monoisotopic (exact) mass is 410 g/mol. The Morgan fingerprint density at radius 3 is 2.86 bits per heavy atom. The lowest BCUT2D eigenvalue weighted by Crippen LogP contribution is -2.46. The van der Waals surface area contributed by atoms with Gasteiger partial charge in [-0.25, -0.2) is 15.0 Å². The van der Waals surface area contributed by atoms with Gasteiger partial charge in [0.05, 0.1) is 11.4 Å². The fourth-order valence-corrected chi connectivity index (χ4v) is 3.70. The largest absolute Gasteiger partial charge is 0.451 e. The van der Waals surface area contributed by atoms with Crippen molar-refractivity contribution in [1.29, 1.82) is 0 Å². The summed E-state index contributed by atoms with van der Waals surface area (Å²) in [5.41, 5.74) is 0.547. The Labute approximate surface area is 169 Å². The number of anilines is 1. The molecule has 0 saturated carbocycles. The second-order valence-electron chi connectivity index (χ2n) is 6.67. The van der Waals surface area contributed by atoms with Gasteiger partial charge in [0.2, 0.25) is 17.6 Å². The van der Waals surface area contributed by atoms with E-state index in [9.17, 15) is 4.79 Å². The predicted octanol–water partition coefficient (Wildman–Crippen LogP) is 3.56. The van der Waals surface area contributed by atoms with Crippen LogP contribution in [0.15, 0.2) is 45.7 Å². The van der Waals surface area contributed by atoms with Crippen LogP contribution in [0.3, 0.4) is 0 Å². The van der Waals surface area contributed by atoms with Gasteiger partial charge in [-0.2, -0.15) is 4.98 Å². The average Bonchev–Trinajstić information content (AvgIpc) is 3.42. The Balaban J connectivity index is 1.44. The van der Waals surface area contributed by atoms with Crippen LogP contribution < -0.4 is 4.90 Å². The first-order chi connectivity index (χ1) is 14.2. The maximum absolute atomic E-state index is 13.1. The van der Waals surface area contributed by atoms with E-state index >= 15 is 0 Å². The van der Waals surface area contributed by atoms with Crippen LogP contribution in [-0.4, -0.2) is 43.5 Å². The number of fused-ring (bicyclic) bond motifs is 1. The number of carbonyl (C=O) groups excluding carboxylic acids is 1. The molecule has 5 heterocycles. The van der Waals surface area contributed by atoms with Crippen LogP contribution in [0.4, 0.5) is 5.95 Å². The summed E-state index contributed by atoms with van der Waals surface area (Å²) in [5, 5.41) is 4.82. The number of piperidine rings is 1. The second-order valence-corrected chi connectivity index (χ2v) is 7.02. The summed E-state index contributed by atoms with van der Waals surface area (Å²) in [6.07, 6.45) is 7.43. The lowest BCUT2D eigenvalue weighted by Gasteiger charge is -2.33. The maximum atomic E-state index is 13.1. The van der Waals surface area contributed by atoms with Crippen molar-refractivity contribution >= 4 is 34.3 Å². The number of ketones is 1. The van der Waals surface area contributed by atoms with Crippen LogP contribution in [0.2, 0.25) is 5.15 Å². The molecular weight excluding hydrogens is 396 g/mol. The van der Waals surface area contributed by atoms with Gasteiger partial charge < -0.3 is 13.8 Å². The Hall–Kier alpha value is -3.33. The number of nitrogens with zero attached hydrogens (tertiary/aromatic N) is 6. The van der Waals surface area contributed by atoms with Crippen LogP contribution in [-0.2, 0) is 0 Å². The van der Waals surface area contributed by atoms with Crippen molar-refractivity contribution in [3.63, 3.8) is 0 Å². The molecule has 0 aliphatic carbocycles. The molecule has 0 spiro atoms. The minimum Gasteiger partial charge on any atom is -0.451 e. The van der Waals surface area contributed by atoms with E-state index in [1.165, 1.54) is 0 Å². The third-order valence-corrected chi connectivity index (χ3v) is 5.17. The third kappa shape index (κ3) is 3.23. The van der Waals surface area contributed by atoms with Crippen LogP contribution in [0.5, 0.6) is 0 Å². The molecule has 0 radical (unpaired) electrons. The van der Waals surface area contributed by atoms with Crippen LogP contribution in [0.1, 0.15) is 29.9 Å². The molecular formula is C19H15ClN6O3. The molecule has 1 aliphatic rings. The summed E-state index contributed by atoms with van der Waals surface area (Å²) in [5.74, 6) is 0.724. The molecule has 0 aromatic carbocycles. The van der Waals surface area contributed by atoms with Gasteiger partial charge >= 0.3 is 0 Å². The van der Waals surface area contributed by atoms with E-state index in [1.807, 2.05) is 4.90 Å². The second kappa shape index (κ2) is 7.25.